The summed E-state index contributed by atoms with van der Waals surface area (Å²) in [7, 11) is 0. The molecule has 0 saturated heterocycles. The first-order valence-electron chi connectivity index (χ1n) is 8.19. The largest absolute Gasteiger partial charge is 0.417 e. The molecule has 0 aliphatic heterocycles. The monoisotopic (exact) mass is 400 g/mol. The molecular formula is C19H17Cl2F3N2. The number of aryl methyl sites for hydroxylation is 1. The van der Waals surface area contributed by atoms with Crippen molar-refractivity contribution >= 4 is 34.1 Å². The van der Waals surface area contributed by atoms with E-state index >= 15 is 0 Å². The predicted octanol–water partition coefficient (Wildman–Crippen LogP) is 6.44. The molecule has 2 aromatic carbocycles. The van der Waals surface area contributed by atoms with E-state index in [4.69, 9.17) is 28.9 Å². The highest BCUT2D eigenvalue weighted by atomic mass is 35.5. The third-order valence-electron chi connectivity index (χ3n) is 4.30. The van der Waals surface area contributed by atoms with Gasteiger partial charge >= 0.3 is 6.18 Å². The lowest BCUT2D eigenvalue weighted by Crippen LogP contribution is -2.07. The Morgan fingerprint density at radius 3 is 2.46 bits per heavy atom. The van der Waals surface area contributed by atoms with Gasteiger partial charge in [0, 0.05) is 21.5 Å². The Kier molecular flexibility index (Phi) is 5.51. The summed E-state index contributed by atoms with van der Waals surface area (Å²) < 4.78 is 40.5. The summed E-state index contributed by atoms with van der Waals surface area (Å²) in [6.07, 6.45) is -2.36. The lowest BCUT2D eigenvalue weighted by Gasteiger charge is -2.13. The molecule has 0 aliphatic carbocycles. The van der Waals surface area contributed by atoms with E-state index in [1.165, 1.54) is 12.1 Å². The van der Waals surface area contributed by atoms with E-state index in [0.29, 0.717) is 39.6 Å². The first-order valence-corrected chi connectivity index (χ1v) is 8.94. The van der Waals surface area contributed by atoms with E-state index < -0.39 is 11.7 Å². The van der Waals surface area contributed by atoms with Crippen LogP contribution in [0.25, 0.3) is 22.2 Å². The molecule has 0 saturated carbocycles. The van der Waals surface area contributed by atoms with Crippen LogP contribution in [0.3, 0.4) is 0 Å². The van der Waals surface area contributed by atoms with Crippen LogP contribution in [0.15, 0.2) is 36.4 Å². The molecule has 0 amide bonds. The number of aromatic nitrogens is 1. The average molecular weight is 401 g/mol. The van der Waals surface area contributed by atoms with Crippen molar-refractivity contribution in [3.05, 3.63) is 57.6 Å². The normalized spacial score (nSPS) is 12.1. The standard InChI is InChI=1S/C19H17Cl2F3N2/c20-11-9-15(21)17-13(6-3-4-8-25)18(26-16(17)10-11)12-5-1-2-7-14(12)19(22,23)24/h1-2,5,7,9-10,26H,3-4,6,8,25H2. The molecule has 7 heteroatoms. The summed E-state index contributed by atoms with van der Waals surface area (Å²) in [5.74, 6) is 0. The number of H-pyrrole nitrogens is 1. The maximum Gasteiger partial charge on any atom is 0.417 e. The molecule has 0 spiro atoms. The van der Waals surface area contributed by atoms with Crippen molar-refractivity contribution in [1.29, 1.82) is 0 Å². The molecular weight excluding hydrogens is 384 g/mol. The number of hydrogen-bond donors (Lipinski definition) is 2. The summed E-state index contributed by atoms with van der Waals surface area (Å²) in [5, 5.41) is 1.55. The first-order chi connectivity index (χ1) is 12.3. The molecule has 0 aliphatic rings. The van der Waals surface area contributed by atoms with Crippen LogP contribution in [-0.4, -0.2) is 11.5 Å². The van der Waals surface area contributed by atoms with Gasteiger partial charge in [0.05, 0.1) is 16.3 Å². The van der Waals surface area contributed by atoms with E-state index in [0.717, 1.165) is 24.5 Å². The molecule has 0 atom stereocenters. The summed E-state index contributed by atoms with van der Waals surface area (Å²) in [6.45, 7) is 0.524. The van der Waals surface area contributed by atoms with Crippen molar-refractivity contribution in [2.45, 2.75) is 25.4 Å². The van der Waals surface area contributed by atoms with Gasteiger partial charge in [0.1, 0.15) is 0 Å². The Hall–Kier alpha value is -1.69. The minimum absolute atomic E-state index is 0.103. The summed E-state index contributed by atoms with van der Waals surface area (Å²) in [6, 6.07) is 8.80. The number of hydrogen-bond acceptors (Lipinski definition) is 1. The second-order valence-corrected chi connectivity index (χ2v) is 6.92. The van der Waals surface area contributed by atoms with Crippen LogP contribution in [0.4, 0.5) is 13.2 Å². The molecule has 26 heavy (non-hydrogen) atoms. The molecule has 0 radical (unpaired) electrons. The number of unbranched alkanes of at least 4 members (excludes halogenated alkanes) is 1. The van der Waals surface area contributed by atoms with Gasteiger partial charge in [0.2, 0.25) is 0 Å². The highest BCUT2D eigenvalue weighted by molar-refractivity contribution is 6.39. The van der Waals surface area contributed by atoms with Crippen molar-refractivity contribution < 1.29 is 13.2 Å². The van der Waals surface area contributed by atoms with Crippen molar-refractivity contribution in [2.24, 2.45) is 5.73 Å². The number of nitrogens with one attached hydrogen (secondary N) is 1. The summed E-state index contributed by atoms with van der Waals surface area (Å²) in [4.78, 5) is 3.10. The molecule has 0 fully saturated rings. The number of alkyl halides is 3. The van der Waals surface area contributed by atoms with Crippen LogP contribution < -0.4 is 5.73 Å². The van der Waals surface area contributed by atoms with Gasteiger partial charge in [-0.2, -0.15) is 13.2 Å². The zero-order chi connectivity index (χ0) is 18.9. The van der Waals surface area contributed by atoms with Crippen LogP contribution in [0.1, 0.15) is 24.0 Å². The fraction of sp³-hybridized carbons (Fsp3) is 0.263. The molecule has 0 bridgehead atoms. The quantitative estimate of drug-likeness (QED) is 0.475. The number of rotatable bonds is 5. The molecule has 0 unspecified atom stereocenters. The first kappa shape index (κ1) is 19.1. The molecule has 138 valence electrons. The Bertz CT molecular complexity index is 932. The number of nitrogens with two attached hydrogens (primary N) is 1. The second kappa shape index (κ2) is 7.51. The number of fused-ring (bicyclic) bond motifs is 1. The van der Waals surface area contributed by atoms with Crippen molar-refractivity contribution in [3.63, 3.8) is 0 Å². The van der Waals surface area contributed by atoms with E-state index in [9.17, 15) is 13.2 Å². The average Bonchev–Trinajstić information content (AvgIpc) is 2.93. The lowest BCUT2D eigenvalue weighted by molar-refractivity contribution is -0.137. The molecule has 2 nitrogen and oxygen atoms in total. The van der Waals surface area contributed by atoms with E-state index in [1.54, 1.807) is 18.2 Å². The van der Waals surface area contributed by atoms with E-state index in [2.05, 4.69) is 4.98 Å². The van der Waals surface area contributed by atoms with Gasteiger partial charge < -0.3 is 10.7 Å². The van der Waals surface area contributed by atoms with Crippen molar-refractivity contribution in [1.82, 2.24) is 4.98 Å². The molecule has 3 rings (SSSR count). The zero-order valence-electron chi connectivity index (χ0n) is 13.8. The van der Waals surface area contributed by atoms with Gasteiger partial charge in [-0.25, -0.2) is 0 Å². The molecule has 3 aromatic rings. The fourth-order valence-corrected chi connectivity index (χ4v) is 3.80. The highest BCUT2D eigenvalue weighted by Crippen LogP contribution is 2.42. The number of benzene rings is 2. The topological polar surface area (TPSA) is 41.8 Å². The second-order valence-electron chi connectivity index (χ2n) is 6.08. The van der Waals surface area contributed by atoms with Crippen LogP contribution in [0, 0.1) is 0 Å². The minimum atomic E-state index is -4.45. The number of halogens is 5. The lowest BCUT2D eigenvalue weighted by atomic mass is 9.97. The Morgan fingerprint density at radius 2 is 1.77 bits per heavy atom. The molecule has 1 aromatic heterocycles. The number of aromatic amines is 1. The maximum absolute atomic E-state index is 13.5. The summed E-state index contributed by atoms with van der Waals surface area (Å²) in [5.41, 5.74) is 6.78. The smallest absolute Gasteiger partial charge is 0.354 e. The van der Waals surface area contributed by atoms with Crippen LogP contribution in [0.2, 0.25) is 10.0 Å². The van der Waals surface area contributed by atoms with Crippen LogP contribution >= 0.6 is 23.2 Å². The van der Waals surface area contributed by atoms with Gasteiger partial charge in [0.25, 0.3) is 0 Å². The van der Waals surface area contributed by atoms with Gasteiger partial charge in [-0.05, 0) is 49.6 Å². The third kappa shape index (κ3) is 3.70. The van der Waals surface area contributed by atoms with Crippen LogP contribution in [0.5, 0.6) is 0 Å². The van der Waals surface area contributed by atoms with Gasteiger partial charge in [-0.3, -0.25) is 0 Å². The van der Waals surface area contributed by atoms with Gasteiger partial charge in [-0.1, -0.05) is 41.4 Å². The van der Waals surface area contributed by atoms with E-state index in [-0.39, 0.29) is 5.56 Å². The van der Waals surface area contributed by atoms with Crippen molar-refractivity contribution in [3.8, 4) is 11.3 Å². The fourth-order valence-electron chi connectivity index (χ4n) is 3.19. The molecule has 1 heterocycles. The maximum atomic E-state index is 13.5. The van der Waals surface area contributed by atoms with Gasteiger partial charge in [-0.15, -0.1) is 0 Å². The predicted molar refractivity (Wildman–Crippen MR) is 101 cm³/mol. The Balaban J connectivity index is 2.26. The Morgan fingerprint density at radius 1 is 1.04 bits per heavy atom. The van der Waals surface area contributed by atoms with Crippen LogP contribution in [-0.2, 0) is 12.6 Å². The third-order valence-corrected chi connectivity index (χ3v) is 4.82. The zero-order valence-corrected chi connectivity index (χ0v) is 15.3. The molecule has 3 N–H and O–H groups in total. The highest BCUT2D eigenvalue weighted by Gasteiger charge is 2.34. The van der Waals surface area contributed by atoms with E-state index in [1.807, 2.05) is 0 Å². The summed E-state index contributed by atoms with van der Waals surface area (Å²) >= 11 is 12.4. The SMILES string of the molecule is NCCCCc1c(-c2ccccc2C(F)(F)F)[nH]c2cc(Cl)cc(Cl)c12. The Labute approximate surface area is 159 Å². The van der Waals surface area contributed by atoms with Gasteiger partial charge in [0.15, 0.2) is 0 Å². The van der Waals surface area contributed by atoms with Crippen molar-refractivity contribution in [2.75, 3.05) is 6.54 Å². The minimum Gasteiger partial charge on any atom is -0.354 e.